The molecule has 0 bridgehead atoms. The van der Waals surface area contributed by atoms with Gasteiger partial charge in [0, 0.05) is 12.1 Å². The molecule has 2 atom stereocenters. The van der Waals surface area contributed by atoms with Crippen molar-refractivity contribution in [3.8, 4) is 0 Å². The number of carboxylic acids is 1. The maximum Gasteiger partial charge on any atom is 0.314 e. The van der Waals surface area contributed by atoms with Crippen molar-refractivity contribution in [1.82, 2.24) is 10.4 Å². The number of halogens is 2. The van der Waals surface area contributed by atoms with Crippen LogP contribution in [0.3, 0.4) is 0 Å². The van der Waals surface area contributed by atoms with Crippen molar-refractivity contribution < 1.29 is 19.1 Å². The van der Waals surface area contributed by atoms with Gasteiger partial charge in [0.1, 0.15) is 24.0 Å². The highest BCUT2D eigenvalue weighted by Crippen LogP contribution is 2.49. The third-order valence-electron chi connectivity index (χ3n) is 4.23. The van der Waals surface area contributed by atoms with Gasteiger partial charge in [0.05, 0.1) is 0 Å². The monoisotopic (exact) mass is 314 g/mol. The summed E-state index contributed by atoms with van der Waals surface area (Å²) in [5, 5.41) is 14.7. The lowest BCUT2D eigenvalue weighted by Crippen LogP contribution is -2.57. The van der Waals surface area contributed by atoms with Gasteiger partial charge in [-0.25, -0.2) is 4.39 Å². The zero-order chi connectivity index (χ0) is 15.2. The van der Waals surface area contributed by atoms with Crippen LogP contribution in [0.4, 0.5) is 4.39 Å². The first kappa shape index (κ1) is 14.7. The summed E-state index contributed by atoms with van der Waals surface area (Å²) in [6.07, 6.45) is -2.16. The number of rotatable bonds is 3. The van der Waals surface area contributed by atoms with Crippen molar-refractivity contribution in [1.29, 1.82) is 0 Å². The quantitative estimate of drug-likeness (QED) is 0.896. The lowest BCUT2D eigenvalue weighted by Gasteiger charge is -2.43. The van der Waals surface area contributed by atoms with Gasteiger partial charge in [-0.3, -0.25) is 14.9 Å². The minimum Gasteiger partial charge on any atom is -0.481 e. The first-order valence-corrected chi connectivity index (χ1v) is 7.09. The molecule has 1 aliphatic carbocycles. The Morgan fingerprint density at radius 2 is 2.10 bits per heavy atom. The average molecular weight is 315 g/mol. The standard InChI is InChI=1S/C14H16ClFN2O3/c1-18-11(8-2-4-9(15)5-3-8)17-12(21-18)14(13(19)20)6-10(16)7-14/h2-5,10-12,17H,6-7H2,1H3,(H,19,20). The Kier molecular flexibility index (Phi) is 3.65. The maximum atomic E-state index is 13.2. The highest BCUT2D eigenvalue weighted by Gasteiger charge is 2.60. The SMILES string of the molecule is CN1OC(C2(C(=O)O)CC(F)C2)NC1c1ccc(Cl)cc1. The van der Waals surface area contributed by atoms with Crippen LogP contribution in [0.15, 0.2) is 24.3 Å². The molecule has 1 aromatic carbocycles. The highest BCUT2D eigenvalue weighted by atomic mass is 35.5. The van der Waals surface area contributed by atoms with Gasteiger partial charge in [0.2, 0.25) is 0 Å². The van der Waals surface area contributed by atoms with Crippen molar-refractivity contribution in [2.75, 3.05) is 7.05 Å². The molecule has 2 N–H and O–H groups in total. The molecule has 1 heterocycles. The zero-order valence-electron chi connectivity index (χ0n) is 11.4. The van der Waals surface area contributed by atoms with E-state index in [0.29, 0.717) is 5.02 Å². The average Bonchev–Trinajstić information content (AvgIpc) is 2.77. The molecule has 2 fully saturated rings. The zero-order valence-corrected chi connectivity index (χ0v) is 12.2. The van der Waals surface area contributed by atoms with Crippen LogP contribution in [0.2, 0.25) is 5.02 Å². The first-order chi connectivity index (χ1) is 9.92. The van der Waals surface area contributed by atoms with Crippen LogP contribution in [0.25, 0.3) is 0 Å². The molecule has 3 rings (SSSR count). The van der Waals surface area contributed by atoms with Crippen LogP contribution >= 0.6 is 11.6 Å². The van der Waals surface area contributed by atoms with Crippen molar-refractivity contribution >= 4 is 17.6 Å². The molecule has 21 heavy (non-hydrogen) atoms. The molecule has 1 aromatic rings. The predicted octanol–water partition coefficient (Wildman–Crippen LogP) is 2.33. The second-order valence-corrected chi connectivity index (χ2v) is 6.06. The topological polar surface area (TPSA) is 61.8 Å². The number of aliphatic carboxylic acids is 1. The molecule has 5 nitrogen and oxygen atoms in total. The smallest absolute Gasteiger partial charge is 0.314 e. The van der Waals surface area contributed by atoms with Gasteiger partial charge in [0.15, 0.2) is 0 Å². The molecule has 2 aliphatic rings. The number of nitrogens with one attached hydrogen (secondary N) is 1. The van der Waals surface area contributed by atoms with Crippen LogP contribution in [0.1, 0.15) is 24.6 Å². The molecule has 1 saturated carbocycles. The number of benzene rings is 1. The molecule has 0 amide bonds. The molecular weight excluding hydrogens is 299 g/mol. The van der Waals surface area contributed by atoms with Crippen LogP contribution in [0.5, 0.6) is 0 Å². The van der Waals surface area contributed by atoms with E-state index >= 15 is 0 Å². The summed E-state index contributed by atoms with van der Waals surface area (Å²) >= 11 is 5.86. The van der Waals surface area contributed by atoms with E-state index < -0.39 is 23.8 Å². The molecule has 1 saturated heterocycles. The Labute approximate surface area is 126 Å². The number of carbonyl (C=O) groups is 1. The summed E-state index contributed by atoms with van der Waals surface area (Å²) in [6, 6.07) is 7.20. The van der Waals surface area contributed by atoms with E-state index in [1.54, 1.807) is 24.2 Å². The highest BCUT2D eigenvalue weighted by molar-refractivity contribution is 6.30. The fourth-order valence-electron chi connectivity index (χ4n) is 2.95. The molecule has 0 radical (unpaired) electrons. The third kappa shape index (κ3) is 2.42. The minimum absolute atomic E-state index is 0.0266. The Morgan fingerprint density at radius 1 is 1.48 bits per heavy atom. The third-order valence-corrected chi connectivity index (χ3v) is 4.48. The summed E-state index contributed by atoms with van der Waals surface area (Å²) in [4.78, 5) is 17.1. The summed E-state index contributed by atoms with van der Waals surface area (Å²) in [7, 11) is 1.72. The lowest BCUT2D eigenvalue weighted by molar-refractivity contribution is -0.213. The van der Waals surface area contributed by atoms with Gasteiger partial charge in [0.25, 0.3) is 0 Å². The van der Waals surface area contributed by atoms with Crippen LogP contribution in [-0.2, 0) is 9.63 Å². The molecule has 7 heteroatoms. The Bertz CT molecular complexity index is 548. The lowest BCUT2D eigenvalue weighted by atomic mass is 9.66. The molecule has 1 aliphatic heterocycles. The Balaban J connectivity index is 1.79. The first-order valence-electron chi connectivity index (χ1n) is 6.71. The van der Waals surface area contributed by atoms with Crippen molar-refractivity contribution in [3.63, 3.8) is 0 Å². The van der Waals surface area contributed by atoms with Crippen LogP contribution < -0.4 is 5.32 Å². The Hall–Kier alpha value is -1.21. The summed E-state index contributed by atoms with van der Waals surface area (Å²) in [5.74, 6) is -1.03. The Morgan fingerprint density at radius 3 is 2.62 bits per heavy atom. The fourth-order valence-corrected chi connectivity index (χ4v) is 3.08. The number of hydroxylamine groups is 2. The maximum absolute atomic E-state index is 13.2. The normalized spacial score (nSPS) is 36.4. The van der Waals surface area contributed by atoms with E-state index in [-0.39, 0.29) is 19.0 Å². The number of hydrogen-bond acceptors (Lipinski definition) is 4. The number of alkyl halides is 1. The largest absolute Gasteiger partial charge is 0.481 e. The molecule has 0 spiro atoms. The number of nitrogens with zero attached hydrogens (tertiary/aromatic N) is 1. The van der Waals surface area contributed by atoms with Gasteiger partial charge in [-0.15, -0.1) is 0 Å². The van der Waals surface area contributed by atoms with Crippen molar-refractivity contribution in [2.24, 2.45) is 5.41 Å². The van der Waals surface area contributed by atoms with Gasteiger partial charge in [-0.2, -0.15) is 5.06 Å². The van der Waals surface area contributed by atoms with Gasteiger partial charge in [-0.05, 0) is 30.5 Å². The van der Waals surface area contributed by atoms with Crippen molar-refractivity contribution in [2.45, 2.75) is 31.4 Å². The second-order valence-electron chi connectivity index (χ2n) is 5.62. The van der Waals surface area contributed by atoms with Crippen molar-refractivity contribution in [3.05, 3.63) is 34.9 Å². The molecule has 114 valence electrons. The number of carboxylic acid groups (broad SMARTS) is 1. The summed E-state index contributed by atoms with van der Waals surface area (Å²) in [5.41, 5.74) is -0.296. The molecule has 0 aromatic heterocycles. The number of hydrogen-bond donors (Lipinski definition) is 2. The fraction of sp³-hybridized carbons (Fsp3) is 0.500. The van der Waals surface area contributed by atoms with E-state index in [9.17, 15) is 14.3 Å². The molecule has 2 unspecified atom stereocenters. The van der Waals surface area contributed by atoms with Gasteiger partial charge >= 0.3 is 5.97 Å². The summed E-state index contributed by atoms with van der Waals surface area (Å²) < 4.78 is 13.2. The minimum atomic E-state index is -1.20. The molecular formula is C14H16ClFN2O3. The summed E-state index contributed by atoms with van der Waals surface area (Å²) in [6.45, 7) is 0. The van der Waals surface area contributed by atoms with E-state index in [0.717, 1.165) is 5.56 Å². The van der Waals surface area contributed by atoms with Crippen LogP contribution in [-0.4, -0.2) is 35.6 Å². The van der Waals surface area contributed by atoms with Gasteiger partial charge in [-0.1, -0.05) is 23.7 Å². The second kappa shape index (κ2) is 5.21. The van der Waals surface area contributed by atoms with E-state index in [2.05, 4.69) is 5.32 Å². The van der Waals surface area contributed by atoms with Crippen LogP contribution in [0, 0.1) is 5.41 Å². The van der Waals surface area contributed by atoms with E-state index in [1.165, 1.54) is 0 Å². The predicted molar refractivity (Wildman–Crippen MR) is 74.2 cm³/mol. The van der Waals surface area contributed by atoms with Gasteiger partial charge < -0.3 is 5.11 Å². The van der Waals surface area contributed by atoms with E-state index in [4.69, 9.17) is 16.4 Å². The van der Waals surface area contributed by atoms with E-state index in [1.807, 2.05) is 12.1 Å².